The van der Waals surface area contributed by atoms with Crippen LogP contribution in [0.3, 0.4) is 0 Å². The maximum atomic E-state index is 6.07. The molecule has 1 rings (SSSR count). The first-order valence-corrected chi connectivity index (χ1v) is 5.28. The molecule has 0 aliphatic heterocycles. The molecular formula is C13H20N2. The summed E-state index contributed by atoms with van der Waals surface area (Å²) in [6, 6.07) is 0. The first-order chi connectivity index (χ1) is 6.86. The summed E-state index contributed by atoms with van der Waals surface area (Å²) in [6.45, 7) is 14.4. The van der Waals surface area contributed by atoms with E-state index in [0.29, 0.717) is 5.92 Å². The largest absolute Gasteiger partial charge is 0.397 e. The molecule has 1 heterocycles. The van der Waals surface area contributed by atoms with Crippen molar-refractivity contribution < 1.29 is 0 Å². The van der Waals surface area contributed by atoms with Gasteiger partial charge >= 0.3 is 0 Å². The van der Waals surface area contributed by atoms with Crippen LogP contribution in [0.2, 0.25) is 0 Å². The van der Waals surface area contributed by atoms with Crippen LogP contribution in [0.5, 0.6) is 0 Å². The molecule has 0 aliphatic carbocycles. The van der Waals surface area contributed by atoms with Crippen molar-refractivity contribution in [2.75, 3.05) is 5.73 Å². The van der Waals surface area contributed by atoms with Gasteiger partial charge in [0.25, 0.3) is 0 Å². The predicted octanol–water partition coefficient (Wildman–Crippen LogP) is 3.26. The molecule has 0 unspecified atom stereocenters. The van der Waals surface area contributed by atoms with Crippen LogP contribution in [0.25, 0.3) is 5.57 Å². The van der Waals surface area contributed by atoms with Crippen molar-refractivity contribution in [3.63, 3.8) is 0 Å². The van der Waals surface area contributed by atoms with E-state index >= 15 is 0 Å². The molecule has 0 atom stereocenters. The monoisotopic (exact) mass is 204 g/mol. The smallest absolute Gasteiger partial charge is 0.0893 e. The number of allylic oxidation sites excluding steroid dienone is 1. The van der Waals surface area contributed by atoms with Crippen LogP contribution in [-0.2, 0) is 0 Å². The quantitative estimate of drug-likeness (QED) is 0.803. The van der Waals surface area contributed by atoms with E-state index in [-0.39, 0.29) is 0 Å². The van der Waals surface area contributed by atoms with Gasteiger partial charge in [0.15, 0.2) is 0 Å². The summed E-state index contributed by atoms with van der Waals surface area (Å²) in [5.41, 5.74) is 12.1. The van der Waals surface area contributed by atoms with Crippen molar-refractivity contribution in [2.24, 2.45) is 5.92 Å². The lowest BCUT2D eigenvalue weighted by Gasteiger charge is -2.16. The van der Waals surface area contributed by atoms with E-state index < -0.39 is 0 Å². The van der Waals surface area contributed by atoms with Gasteiger partial charge in [0.2, 0.25) is 0 Å². The average Bonchev–Trinajstić information content (AvgIpc) is 2.19. The van der Waals surface area contributed by atoms with Gasteiger partial charge in [-0.3, -0.25) is 4.98 Å². The number of nitrogens with zero attached hydrogens (tertiary/aromatic N) is 1. The minimum atomic E-state index is 0.376. The third-order valence-corrected chi connectivity index (χ3v) is 3.04. The zero-order valence-electron chi connectivity index (χ0n) is 10.3. The molecule has 0 radical (unpaired) electrons. The number of nitrogen functional groups attached to an aromatic ring is 1. The van der Waals surface area contributed by atoms with Crippen molar-refractivity contribution >= 4 is 11.3 Å². The molecule has 0 bridgehead atoms. The summed E-state index contributed by atoms with van der Waals surface area (Å²) in [5.74, 6) is 0.376. The van der Waals surface area contributed by atoms with E-state index in [9.17, 15) is 0 Å². The molecule has 1 aromatic heterocycles. The third-order valence-electron chi connectivity index (χ3n) is 3.04. The van der Waals surface area contributed by atoms with E-state index in [2.05, 4.69) is 32.3 Å². The Morgan fingerprint density at radius 3 is 2.20 bits per heavy atom. The lowest BCUT2D eigenvalue weighted by atomic mass is 9.96. The predicted molar refractivity (Wildman–Crippen MR) is 66.7 cm³/mol. The molecule has 15 heavy (non-hydrogen) atoms. The normalized spacial score (nSPS) is 10.8. The third kappa shape index (κ3) is 2.04. The highest BCUT2D eigenvalue weighted by Gasteiger charge is 2.13. The summed E-state index contributed by atoms with van der Waals surface area (Å²) >= 11 is 0. The zero-order valence-corrected chi connectivity index (χ0v) is 10.3. The van der Waals surface area contributed by atoms with E-state index in [1.54, 1.807) is 0 Å². The number of aromatic nitrogens is 1. The average molecular weight is 204 g/mol. The van der Waals surface area contributed by atoms with Gasteiger partial charge in [0, 0.05) is 5.69 Å². The van der Waals surface area contributed by atoms with Crippen molar-refractivity contribution in [2.45, 2.75) is 34.6 Å². The highest BCUT2D eigenvalue weighted by molar-refractivity contribution is 5.74. The molecule has 0 aromatic carbocycles. The van der Waals surface area contributed by atoms with Gasteiger partial charge in [-0.1, -0.05) is 20.4 Å². The molecule has 82 valence electrons. The van der Waals surface area contributed by atoms with Gasteiger partial charge in [-0.05, 0) is 43.4 Å². The number of nitrogens with two attached hydrogens (primary N) is 1. The van der Waals surface area contributed by atoms with Crippen LogP contribution in [0.15, 0.2) is 6.58 Å². The highest BCUT2D eigenvalue weighted by Crippen LogP contribution is 2.29. The second-order valence-electron chi connectivity index (χ2n) is 4.39. The van der Waals surface area contributed by atoms with Crippen LogP contribution in [0.1, 0.15) is 36.4 Å². The van der Waals surface area contributed by atoms with Gasteiger partial charge < -0.3 is 5.73 Å². The Balaban J connectivity index is 3.39. The Kier molecular flexibility index (Phi) is 3.18. The second-order valence-corrected chi connectivity index (χ2v) is 4.39. The van der Waals surface area contributed by atoms with Crippen molar-refractivity contribution in [3.8, 4) is 0 Å². The molecule has 2 nitrogen and oxygen atoms in total. The van der Waals surface area contributed by atoms with E-state index in [1.807, 2.05) is 13.8 Å². The molecule has 0 saturated carbocycles. The van der Waals surface area contributed by atoms with Crippen LogP contribution in [-0.4, -0.2) is 4.98 Å². The van der Waals surface area contributed by atoms with Crippen LogP contribution >= 0.6 is 0 Å². The van der Waals surface area contributed by atoms with E-state index in [0.717, 1.165) is 28.2 Å². The molecule has 0 aliphatic rings. The van der Waals surface area contributed by atoms with Crippen molar-refractivity contribution in [3.05, 3.63) is 29.1 Å². The second kappa shape index (κ2) is 4.05. The van der Waals surface area contributed by atoms with Gasteiger partial charge in [0.05, 0.1) is 11.4 Å². The van der Waals surface area contributed by atoms with E-state index in [1.165, 1.54) is 5.56 Å². The zero-order chi connectivity index (χ0) is 11.7. The fourth-order valence-corrected chi connectivity index (χ4v) is 1.48. The maximum absolute atomic E-state index is 6.07. The molecular weight excluding hydrogens is 184 g/mol. The van der Waals surface area contributed by atoms with Crippen LogP contribution in [0, 0.1) is 26.7 Å². The SMILES string of the molecule is C=C(c1nc(C)c(C)c(C)c1N)C(C)C. The first-order valence-electron chi connectivity index (χ1n) is 5.28. The Morgan fingerprint density at radius 1 is 1.20 bits per heavy atom. The minimum Gasteiger partial charge on any atom is -0.397 e. The molecule has 0 fully saturated rings. The Morgan fingerprint density at radius 2 is 1.73 bits per heavy atom. The van der Waals surface area contributed by atoms with Gasteiger partial charge in [-0.2, -0.15) is 0 Å². The van der Waals surface area contributed by atoms with Crippen LogP contribution < -0.4 is 5.73 Å². The molecule has 2 N–H and O–H groups in total. The Hall–Kier alpha value is -1.31. The molecule has 0 spiro atoms. The summed E-state index contributed by atoms with van der Waals surface area (Å²) in [6.07, 6.45) is 0. The number of anilines is 1. The summed E-state index contributed by atoms with van der Waals surface area (Å²) in [7, 11) is 0. The number of pyridine rings is 1. The Labute approximate surface area is 92.2 Å². The van der Waals surface area contributed by atoms with Gasteiger partial charge in [0.1, 0.15) is 0 Å². The highest BCUT2D eigenvalue weighted by atomic mass is 14.8. The fourth-order valence-electron chi connectivity index (χ4n) is 1.48. The van der Waals surface area contributed by atoms with Crippen molar-refractivity contribution in [1.82, 2.24) is 4.98 Å². The number of aryl methyl sites for hydroxylation is 1. The Bertz CT molecular complexity index is 403. The summed E-state index contributed by atoms with van der Waals surface area (Å²) < 4.78 is 0. The lowest BCUT2D eigenvalue weighted by Crippen LogP contribution is -2.06. The van der Waals surface area contributed by atoms with E-state index in [4.69, 9.17) is 5.73 Å². The lowest BCUT2D eigenvalue weighted by molar-refractivity contribution is 0.849. The van der Waals surface area contributed by atoms with Gasteiger partial charge in [-0.25, -0.2) is 0 Å². The number of hydrogen-bond acceptors (Lipinski definition) is 2. The van der Waals surface area contributed by atoms with Gasteiger partial charge in [-0.15, -0.1) is 0 Å². The van der Waals surface area contributed by atoms with Crippen LogP contribution in [0.4, 0.5) is 5.69 Å². The minimum absolute atomic E-state index is 0.376. The number of rotatable bonds is 2. The fraction of sp³-hybridized carbons (Fsp3) is 0.462. The topological polar surface area (TPSA) is 38.9 Å². The first kappa shape index (κ1) is 11.8. The maximum Gasteiger partial charge on any atom is 0.0893 e. The molecule has 2 heteroatoms. The summed E-state index contributed by atoms with van der Waals surface area (Å²) in [4.78, 5) is 4.53. The summed E-state index contributed by atoms with van der Waals surface area (Å²) in [5, 5.41) is 0. The molecule has 1 aromatic rings. The van der Waals surface area contributed by atoms with Crippen molar-refractivity contribution in [1.29, 1.82) is 0 Å². The standard InChI is InChI=1S/C13H20N2/c1-7(2)8(3)13-12(14)10(5)9(4)11(6)15-13/h7H,3,14H2,1-2,4-6H3. The number of hydrogen-bond donors (Lipinski definition) is 1. The molecule has 0 saturated heterocycles. The molecule has 0 amide bonds.